The van der Waals surface area contributed by atoms with Gasteiger partial charge in [0, 0.05) is 18.4 Å². The number of fused-ring (bicyclic) bond motifs is 4. The largest absolute Gasteiger partial charge is 0.507 e. The smallest absolute Gasteiger partial charge is 0.265 e. The molecule has 0 amide bonds. The van der Waals surface area contributed by atoms with Gasteiger partial charge >= 0.3 is 0 Å². The first-order valence-electron chi connectivity index (χ1n) is 11.4. The van der Waals surface area contributed by atoms with E-state index >= 15 is 0 Å². The van der Waals surface area contributed by atoms with E-state index in [1.165, 1.54) is 6.07 Å². The first kappa shape index (κ1) is 21.7. The lowest BCUT2D eigenvalue weighted by Crippen LogP contribution is -2.71. The summed E-state index contributed by atoms with van der Waals surface area (Å²) in [6.45, 7) is 0.0989. The van der Waals surface area contributed by atoms with Gasteiger partial charge in [0.1, 0.15) is 17.9 Å². The second-order valence-corrected chi connectivity index (χ2v) is 9.43. The third-order valence-electron chi connectivity index (χ3n) is 7.62. The molecule has 178 valence electrons. The maximum absolute atomic E-state index is 13.7. The molecular formula is C26H22N2O7. The molecular weight excluding hydrogens is 452 g/mol. The predicted molar refractivity (Wildman–Crippen MR) is 120 cm³/mol. The molecule has 6 rings (SSSR count). The van der Waals surface area contributed by atoms with Crippen molar-refractivity contribution in [1.82, 2.24) is 5.16 Å². The van der Waals surface area contributed by atoms with Crippen molar-refractivity contribution >= 4 is 17.3 Å². The Labute approximate surface area is 199 Å². The second-order valence-electron chi connectivity index (χ2n) is 9.43. The number of Topliss-reactive ketones (excluding diaryl/α,β-unsaturated/α-hetero) is 3. The first-order chi connectivity index (χ1) is 16.8. The van der Waals surface area contributed by atoms with E-state index < -0.39 is 46.7 Å². The van der Waals surface area contributed by atoms with Crippen LogP contribution in [0, 0.1) is 17.8 Å². The molecule has 4 N–H and O–H groups in total. The lowest BCUT2D eigenvalue weighted by atomic mass is 9.53. The van der Waals surface area contributed by atoms with E-state index in [0.717, 1.165) is 5.56 Å². The minimum absolute atomic E-state index is 0.00349. The molecule has 1 fully saturated rings. The molecule has 9 nitrogen and oxygen atoms in total. The highest BCUT2D eigenvalue weighted by Gasteiger charge is 2.66. The lowest BCUT2D eigenvalue weighted by Gasteiger charge is -2.50. The second kappa shape index (κ2) is 7.59. The molecule has 0 radical (unpaired) electrons. The van der Waals surface area contributed by atoms with E-state index in [1.54, 1.807) is 12.1 Å². The fourth-order valence-corrected chi connectivity index (χ4v) is 5.88. The number of rotatable bonds is 3. The summed E-state index contributed by atoms with van der Waals surface area (Å²) in [5, 5.41) is 25.8. The maximum atomic E-state index is 13.7. The van der Waals surface area contributed by atoms with Crippen molar-refractivity contribution in [3.63, 3.8) is 0 Å². The van der Waals surface area contributed by atoms with Crippen molar-refractivity contribution < 1.29 is 33.9 Å². The highest BCUT2D eigenvalue weighted by molar-refractivity contribution is 6.26. The van der Waals surface area contributed by atoms with Crippen molar-refractivity contribution in [2.45, 2.75) is 31.1 Å². The number of nitrogens with two attached hydrogens (primary N) is 1. The molecule has 0 spiro atoms. The summed E-state index contributed by atoms with van der Waals surface area (Å²) in [4.78, 5) is 40.7. The van der Waals surface area contributed by atoms with Gasteiger partial charge in [0.15, 0.2) is 22.9 Å². The molecule has 1 aromatic heterocycles. The highest BCUT2D eigenvalue weighted by atomic mass is 16.5. The van der Waals surface area contributed by atoms with E-state index in [4.69, 9.17) is 15.0 Å². The van der Waals surface area contributed by atoms with Gasteiger partial charge in [-0.15, -0.1) is 0 Å². The number of carbonyl (C=O) groups excluding carboxylic acids is 3. The van der Waals surface area contributed by atoms with E-state index in [2.05, 4.69) is 5.16 Å². The molecule has 5 unspecified atom stereocenters. The minimum Gasteiger partial charge on any atom is -0.507 e. The molecule has 9 heteroatoms. The number of aromatic hydroxyl groups is 1. The number of phenols is 1. The van der Waals surface area contributed by atoms with Gasteiger partial charge in [-0.3, -0.25) is 14.4 Å². The number of carbonyl (C=O) groups is 3. The Hall–Kier alpha value is -3.82. The summed E-state index contributed by atoms with van der Waals surface area (Å²) < 4.78 is 11.1. The van der Waals surface area contributed by atoms with Crippen LogP contribution >= 0.6 is 0 Å². The number of phenolic OH excluding ortho intramolecular Hbond substituents is 1. The topological polar surface area (TPSA) is 153 Å². The molecule has 1 heterocycles. The van der Waals surface area contributed by atoms with Crippen LogP contribution in [0.25, 0.3) is 0 Å². The van der Waals surface area contributed by atoms with Crippen LogP contribution < -0.4 is 10.5 Å². The normalized spacial score (nSPS) is 29.1. The van der Waals surface area contributed by atoms with Gasteiger partial charge in [-0.05, 0) is 34.7 Å². The molecule has 1 saturated carbocycles. The fourth-order valence-electron chi connectivity index (χ4n) is 5.88. The number of hydrogen-bond donors (Lipinski definition) is 3. The SMILES string of the molecule is NC1C2Cc3cccc(O)c3C(=O)C2C(=O)C2(O)C(=O)c3c(OCc4ccccc4)noc3CC12. The summed E-state index contributed by atoms with van der Waals surface area (Å²) in [7, 11) is 0. The Morgan fingerprint density at radius 3 is 2.60 bits per heavy atom. The predicted octanol–water partition coefficient (Wildman–Crippen LogP) is 1.63. The Morgan fingerprint density at radius 1 is 1.06 bits per heavy atom. The number of hydrogen-bond acceptors (Lipinski definition) is 9. The molecule has 0 aliphatic heterocycles. The van der Waals surface area contributed by atoms with Crippen molar-refractivity contribution in [3.05, 3.63) is 76.5 Å². The van der Waals surface area contributed by atoms with Crippen LogP contribution in [0.1, 0.15) is 37.6 Å². The standard InChI is InChI=1S/C26H22N2O7/c27-21-14-9-13-7-4-8-16(29)18(13)22(30)19(14)23(31)26(33)15(21)10-17-20(24(26)32)25(28-35-17)34-11-12-5-2-1-3-6-12/h1-8,14-15,19,21,29,33H,9-11,27H2. The van der Waals surface area contributed by atoms with Gasteiger partial charge in [0.2, 0.25) is 5.78 Å². The van der Waals surface area contributed by atoms with Crippen LogP contribution in [0.5, 0.6) is 11.6 Å². The number of aliphatic hydroxyl groups is 1. The van der Waals surface area contributed by atoms with Gasteiger partial charge < -0.3 is 25.2 Å². The highest BCUT2D eigenvalue weighted by Crippen LogP contribution is 2.50. The van der Waals surface area contributed by atoms with Gasteiger partial charge in [-0.2, -0.15) is 0 Å². The molecule has 3 aliphatic carbocycles. The van der Waals surface area contributed by atoms with E-state index in [1.807, 2.05) is 30.3 Å². The molecule has 35 heavy (non-hydrogen) atoms. The van der Waals surface area contributed by atoms with Gasteiger partial charge in [-0.1, -0.05) is 42.5 Å². The van der Waals surface area contributed by atoms with Crippen LogP contribution in [0.4, 0.5) is 0 Å². The van der Waals surface area contributed by atoms with Gasteiger partial charge in [-0.25, -0.2) is 0 Å². The maximum Gasteiger partial charge on any atom is 0.265 e. The van der Waals surface area contributed by atoms with Crippen LogP contribution in [-0.4, -0.2) is 44.4 Å². The summed E-state index contributed by atoms with van der Waals surface area (Å²) in [5.74, 6) is -5.59. The van der Waals surface area contributed by atoms with Gasteiger partial charge in [0.05, 0.1) is 11.5 Å². The zero-order valence-corrected chi connectivity index (χ0v) is 18.5. The number of benzene rings is 2. The molecule has 2 aromatic carbocycles. The number of ether oxygens (including phenoxy) is 1. The monoisotopic (exact) mass is 474 g/mol. The van der Waals surface area contributed by atoms with E-state index in [9.17, 15) is 24.6 Å². The average Bonchev–Trinajstić information content (AvgIpc) is 3.26. The van der Waals surface area contributed by atoms with Crippen LogP contribution in [0.15, 0.2) is 53.1 Å². The first-order valence-corrected chi connectivity index (χ1v) is 11.4. The third-order valence-corrected chi connectivity index (χ3v) is 7.62. The zero-order chi connectivity index (χ0) is 24.5. The Bertz CT molecular complexity index is 1380. The van der Waals surface area contributed by atoms with E-state index in [0.29, 0.717) is 5.56 Å². The summed E-state index contributed by atoms with van der Waals surface area (Å²) in [6, 6.07) is 13.1. The summed E-state index contributed by atoms with van der Waals surface area (Å²) in [5.41, 5.74) is 5.36. The summed E-state index contributed by atoms with van der Waals surface area (Å²) in [6.07, 6.45) is 0.263. The van der Waals surface area contributed by atoms with Crippen molar-refractivity contribution in [1.29, 1.82) is 0 Å². The fraction of sp³-hybridized carbons (Fsp3) is 0.308. The van der Waals surface area contributed by atoms with Gasteiger partial charge in [0.25, 0.3) is 5.88 Å². The van der Waals surface area contributed by atoms with Crippen LogP contribution in [0.3, 0.4) is 0 Å². The number of aromatic nitrogens is 1. The Kier molecular flexibility index (Phi) is 4.71. The lowest BCUT2D eigenvalue weighted by molar-refractivity contribution is -0.151. The molecule has 3 aliphatic rings. The van der Waals surface area contributed by atoms with Crippen LogP contribution in [0.2, 0.25) is 0 Å². The zero-order valence-electron chi connectivity index (χ0n) is 18.5. The number of nitrogens with zero attached hydrogens (tertiary/aromatic N) is 1. The molecule has 5 atom stereocenters. The Morgan fingerprint density at radius 2 is 1.83 bits per heavy atom. The van der Waals surface area contributed by atoms with Crippen molar-refractivity contribution in [2.75, 3.05) is 0 Å². The molecule has 0 bridgehead atoms. The van der Waals surface area contributed by atoms with Crippen molar-refractivity contribution in [2.24, 2.45) is 23.5 Å². The quantitative estimate of drug-likeness (QED) is 0.481. The molecule has 0 saturated heterocycles. The van der Waals surface area contributed by atoms with E-state index in [-0.39, 0.29) is 48.0 Å². The van der Waals surface area contributed by atoms with Crippen molar-refractivity contribution in [3.8, 4) is 11.6 Å². The summed E-state index contributed by atoms with van der Waals surface area (Å²) >= 11 is 0. The third kappa shape index (κ3) is 2.95. The Balaban J connectivity index is 1.38. The average molecular weight is 474 g/mol. The number of ketones is 3. The van der Waals surface area contributed by atoms with Crippen LogP contribution in [-0.2, 0) is 24.2 Å². The minimum atomic E-state index is -2.53. The molecule has 3 aromatic rings.